The van der Waals surface area contributed by atoms with E-state index in [1.54, 1.807) is 11.1 Å². The third kappa shape index (κ3) is 6.01. The van der Waals surface area contributed by atoms with Gasteiger partial charge in [-0.2, -0.15) is 0 Å². The van der Waals surface area contributed by atoms with Crippen LogP contribution in [-0.2, 0) is 12.8 Å². The summed E-state index contributed by atoms with van der Waals surface area (Å²) in [7, 11) is 0. The molecule has 1 aliphatic rings. The van der Waals surface area contributed by atoms with Crippen molar-refractivity contribution in [2.24, 2.45) is 0 Å². The zero-order valence-corrected chi connectivity index (χ0v) is 13.4. The molecule has 0 fully saturated rings. The van der Waals surface area contributed by atoms with Crippen LogP contribution in [0, 0.1) is 0 Å². The first-order valence-electron chi connectivity index (χ1n) is 7.26. The Kier molecular flexibility index (Phi) is 8.36. The number of hydrogen-bond donors (Lipinski definition) is 1. The van der Waals surface area contributed by atoms with Gasteiger partial charge in [0.1, 0.15) is 0 Å². The van der Waals surface area contributed by atoms with Gasteiger partial charge in [-0.05, 0) is 74.9 Å². The van der Waals surface area contributed by atoms with Crippen molar-refractivity contribution in [2.75, 3.05) is 13.1 Å². The molecule has 0 amide bonds. The Bertz CT molecular complexity index is 332. The van der Waals surface area contributed by atoms with E-state index in [4.69, 9.17) is 0 Å². The summed E-state index contributed by atoms with van der Waals surface area (Å²) >= 11 is 3.49. The van der Waals surface area contributed by atoms with Crippen LogP contribution in [-0.4, -0.2) is 13.1 Å². The largest absolute Gasteiger partial charge is 0.317 e. The average Bonchev–Trinajstić information content (AvgIpc) is 2.40. The van der Waals surface area contributed by atoms with Gasteiger partial charge in [0.2, 0.25) is 0 Å². The molecule has 2 heteroatoms. The standard InChI is InChI=1S/C10H11Br.C6H15N/c11-10-6-5-8-3-1-2-4-9(8)7-10;1-3-5-7-6-4-2/h5-7H,1-4H2;7H,3-6H2,1-2H3. The highest BCUT2D eigenvalue weighted by Gasteiger charge is 2.07. The van der Waals surface area contributed by atoms with Crippen LogP contribution < -0.4 is 5.32 Å². The minimum Gasteiger partial charge on any atom is -0.317 e. The van der Waals surface area contributed by atoms with Gasteiger partial charge < -0.3 is 5.32 Å². The number of aryl methyl sites for hydroxylation is 2. The third-order valence-electron chi connectivity index (χ3n) is 3.16. The van der Waals surface area contributed by atoms with Gasteiger partial charge in [-0.1, -0.05) is 35.8 Å². The summed E-state index contributed by atoms with van der Waals surface area (Å²) in [5.41, 5.74) is 3.10. The molecule has 0 saturated heterocycles. The van der Waals surface area contributed by atoms with Gasteiger partial charge in [-0.15, -0.1) is 0 Å². The molecule has 1 aromatic rings. The first-order chi connectivity index (χ1) is 8.77. The number of benzene rings is 1. The summed E-state index contributed by atoms with van der Waals surface area (Å²) in [5.74, 6) is 0. The second-order valence-corrected chi connectivity index (χ2v) is 5.79. The summed E-state index contributed by atoms with van der Waals surface area (Å²) in [6.07, 6.45) is 7.79. The maximum Gasteiger partial charge on any atom is 0.0178 e. The van der Waals surface area contributed by atoms with Crippen LogP contribution in [0.1, 0.15) is 50.7 Å². The molecule has 0 bridgehead atoms. The quantitative estimate of drug-likeness (QED) is 0.793. The Morgan fingerprint density at radius 3 is 2.22 bits per heavy atom. The molecule has 0 atom stereocenters. The first kappa shape index (κ1) is 15.7. The van der Waals surface area contributed by atoms with E-state index in [1.807, 2.05) is 0 Å². The van der Waals surface area contributed by atoms with Gasteiger partial charge in [0.25, 0.3) is 0 Å². The lowest BCUT2D eigenvalue weighted by molar-refractivity contribution is 0.662. The molecule has 1 aromatic carbocycles. The minimum atomic E-state index is 1.17. The van der Waals surface area contributed by atoms with E-state index in [1.165, 1.54) is 56.1 Å². The van der Waals surface area contributed by atoms with E-state index >= 15 is 0 Å². The number of rotatable bonds is 4. The van der Waals surface area contributed by atoms with Crippen LogP contribution in [0.5, 0.6) is 0 Å². The molecule has 0 aromatic heterocycles. The average molecular weight is 312 g/mol. The molecule has 18 heavy (non-hydrogen) atoms. The number of fused-ring (bicyclic) bond motifs is 1. The van der Waals surface area contributed by atoms with Gasteiger partial charge in [-0.25, -0.2) is 0 Å². The number of nitrogens with one attached hydrogen (secondary N) is 1. The highest BCUT2D eigenvalue weighted by atomic mass is 79.9. The topological polar surface area (TPSA) is 12.0 Å². The van der Waals surface area contributed by atoms with Gasteiger partial charge in [0.05, 0.1) is 0 Å². The van der Waals surface area contributed by atoms with Crippen molar-refractivity contribution in [1.29, 1.82) is 0 Å². The zero-order valence-electron chi connectivity index (χ0n) is 11.8. The molecular formula is C16H26BrN. The molecule has 2 rings (SSSR count). The van der Waals surface area contributed by atoms with Gasteiger partial charge in [0.15, 0.2) is 0 Å². The number of hydrogen-bond acceptors (Lipinski definition) is 1. The lowest BCUT2D eigenvalue weighted by Crippen LogP contribution is -2.14. The van der Waals surface area contributed by atoms with Crippen LogP contribution in [0.15, 0.2) is 22.7 Å². The normalized spacial score (nSPS) is 13.5. The molecule has 0 unspecified atom stereocenters. The Hall–Kier alpha value is -0.340. The van der Waals surface area contributed by atoms with Crippen LogP contribution >= 0.6 is 15.9 Å². The van der Waals surface area contributed by atoms with Crippen molar-refractivity contribution in [1.82, 2.24) is 5.32 Å². The lowest BCUT2D eigenvalue weighted by Gasteiger charge is -2.14. The maximum atomic E-state index is 3.49. The molecule has 1 N–H and O–H groups in total. The zero-order chi connectivity index (χ0) is 13.2. The summed E-state index contributed by atoms with van der Waals surface area (Å²) in [6, 6.07) is 6.65. The van der Waals surface area contributed by atoms with E-state index in [2.05, 4.69) is 53.3 Å². The van der Waals surface area contributed by atoms with Crippen molar-refractivity contribution in [3.8, 4) is 0 Å². The number of halogens is 1. The molecule has 1 nitrogen and oxygen atoms in total. The fourth-order valence-corrected chi connectivity index (χ4v) is 2.59. The predicted molar refractivity (Wildman–Crippen MR) is 84.2 cm³/mol. The van der Waals surface area contributed by atoms with Crippen molar-refractivity contribution >= 4 is 15.9 Å². The van der Waals surface area contributed by atoms with Crippen LogP contribution in [0.25, 0.3) is 0 Å². The van der Waals surface area contributed by atoms with Gasteiger partial charge in [-0.3, -0.25) is 0 Å². The highest BCUT2D eigenvalue weighted by molar-refractivity contribution is 9.10. The smallest absolute Gasteiger partial charge is 0.0178 e. The van der Waals surface area contributed by atoms with Crippen LogP contribution in [0.3, 0.4) is 0 Å². The van der Waals surface area contributed by atoms with Crippen LogP contribution in [0.2, 0.25) is 0 Å². The monoisotopic (exact) mass is 311 g/mol. The van der Waals surface area contributed by atoms with E-state index in [0.29, 0.717) is 0 Å². The molecule has 102 valence electrons. The van der Waals surface area contributed by atoms with Gasteiger partial charge >= 0.3 is 0 Å². The Labute approximate surface area is 120 Å². The SMILES string of the molecule is Brc1ccc2c(c1)CCCC2.CCCNCCC. The van der Waals surface area contributed by atoms with E-state index in [9.17, 15) is 0 Å². The Morgan fingerprint density at radius 1 is 1.00 bits per heavy atom. The van der Waals surface area contributed by atoms with Crippen molar-refractivity contribution < 1.29 is 0 Å². The van der Waals surface area contributed by atoms with Gasteiger partial charge in [0, 0.05) is 4.47 Å². The van der Waals surface area contributed by atoms with Crippen molar-refractivity contribution in [3.05, 3.63) is 33.8 Å². The van der Waals surface area contributed by atoms with Crippen LogP contribution in [0.4, 0.5) is 0 Å². The first-order valence-corrected chi connectivity index (χ1v) is 8.05. The van der Waals surface area contributed by atoms with E-state index < -0.39 is 0 Å². The fraction of sp³-hybridized carbons (Fsp3) is 0.625. The van der Waals surface area contributed by atoms with E-state index in [-0.39, 0.29) is 0 Å². The molecular weight excluding hydrogens is 286 g/mol. The lowest BCUT2D eigenvalue weighted by atomic mass is 9.92. The maximum absolute atomic E-state index is 3.49. The second-order valence-electron chi connectivity index (χ2n) is 4.87. The Morgan fingerprint density at radius 2 is 1.61 bits per heavy atom. The molecule has 0 aliphatic heterocycles. The summed E-state index contributed by atoms with van der Waals surface area (Å²) < 4.78 is 1.22. The van der Waals surface area contributed by atoms with Crippen molar-refractivity contribution in [3.63, 3.8) is 0 Å². The summed E-state index contributed by atoms with van der Waals surface area (Å²) in [4.78, 5) is 0. The molecule has 0 heterocycles. The molecule has 0 radical (unpaired) electrons. The summed E-state index contributed by atoms with van der Waals surface area (Å²) in [5, 5.41) is 3.28. The molecule has 0 saturated carbocycles. The fourth-order valence-electron chi connectivity index (χ4n) is 2.18. The second kappa shape index (κ2) is 9.57. The highest BCUT2D eigenvalue weighted by Crippen LogP contribution is 2.24. The van der Waals surface area contributed by atoms with Crippen molar-refractivity contribution in [2.45, 2.75) is 52.4 Å². The molecule has 0 spiro atoms. The third-order valence-corrected chi connectivity index (χ3v) is 3.66. The predicted octanol–water partition coefficient (Wildman–Crippen LogP) is 4.72. The summed E-state index contributed by atoms with van der Waals surface area (Å²) in [6.45, 7) is 6.72. The Balaban J connectivity index is 0.000000203. The molecule has 1 aliphatic carbocycles. The minimum absolute atomic E-state index is 1.17. The van der Waals surface area contributed by atoms with E-state index in [0.717, 1.165) is 0 Å².